The molecule has 3 aromatic heterocycles. The first-order valence-electron chi connectivity index (χ1n) is 14.8. The first kappa shape index (κ1) is 33.5. The third kappa shape index (κ3) is 7.09. The molecule has 0 aromatic carbocycles. The van der Waals surface area contributed by atoms with Gasteiger partial charge in [0.2, 0.25) is 11.8 Å². The highest BCUT2D eigenvalue weighted by atomic mass is 19.4. The van der Waals surface area contributed by atoms with E-state index in [9.17, 15) is 44.7 Å². The van der Waals surface area contributed by atoms with Crippen LogP contribution in [0.3, 0.4) is 0 Å². The van der Waals surface area contributed by atoms with E-state index in [1.165, 1.54) is 23.1 Å². The molecule has 3 aromatic rings. The summed E-state index contributed by atoms with van der Waals surface area (Å²) >= 11 is 0. The van der Waals surface area contributed by atoms with Crippen molar-refractivity contribution in [2.45, 2.75) is 89.2 Å². The van der Waals surface area contributed by atoms with Gasteiger partial charge in [0.15, 0.2) is 0 Å². The summed E-state index contributed by atoms with van der Waals surface area (Å²) < 4.78 is 113. The summed E-state index contributed by atoms with van der Waals surface area (Å²) in [7, 11) is 0. The number of carbonyl (C=O) groups excluding carboxylic acids is 2. The zero-order valence-corrected chi connectivity index (χ0v) is 24.8. The van der Waals surface area contributed by atoms with Gasteiger partial charge in [-0.15, -0.1) is 0 Å². The Morgan fingerprint density at radius 3 is 2.48 bits per heavy atom. The number of piperidine rings is 1. The smallest absolute Gasteiger partial charge is 0.355 e. The van der Waals surface area contributed by atoms with E-state index in [-0.39, 0.29) is 35.7 Å². The second kappa shape index (κ2) is 12.4. The maximum atomic E-state index is 14.0. The molecule has 0 spiro atoms. The lowest BCUT2D eigenvalue weighted by atomic mass is 9.81. The van der Waals surface area contributed by atoms with Crippen LogP contribution in [0.25, 0.3) is 5.78 Å². The average Bonchev–Trinajstić information content (AvgIpc) is 3.62. The molecule has 10 nitrogen and oxygen atoms in total. The SMILES string of the molecule is CCn1nccc1C(=O)N[C@H](c1cn2nc(C[C@H]3C[C@@H](C(F)(F)F)CNC3=O)c(C(C)C(F)(F)F)nc2n1)C1CCC(F)(F)CC1. The van der Waals surface area contributed by atoms with Crippen LogP contribution in [0.15, 0.2) is 18.5 Å². The first-order valence-corrected chi connectivity index (χ1v) is 14.8. The van der Waals surface area contributed by atoms with Gasteiger partial charge in [0.05, 0.1) is 41.2 Å². The van der Waals surface area contributed by atoms with E-state index in [4.69, 9.17) is 0 Å². The minimum Gasteiger partial charge on any atom is -0.355 e. The van der Waals surface area contributed by atoms with Gasteiger partial charge in [-0.05, 0) is 45.1 Å². The molecule has 5 rings (SSSR count). The Morgan fingerprint density at radius 2 is 1.85 bits per heavy atom. The normalized spacial score (nSPS) is 22.4. The summed E-state index contributed by atoms with van der Waals surface area (Å²) in [5.41, 5.74) is -0.653. The molecule has 252 valence electrons. The first-order chi connectivity index (χ1) is 21.5. The molecular formula is C28H32F8N8O2. The van der Waals surface area contributed by atoms with Gasteiger partial charge in [0.1, 0.15) is 5.69 Å². The number of nitrogens with zero attached hydrogens (tertiary/aromatic N) is 6. The van der Waals surface area contributed by atoms with Gasteiger partial charge in [-0.25, -0.2) is 23.3 Å². The fourth-order valence-corrected chi connectivity index (χ4v) is 6.06. The van der Waals surface area contributed by atoms with Crippen molar-refractivity contribution in [3.05, 3.63) is 41.2 Å². The molecule has 4 atom stereocenters. The highest BCUT2D eigenvalue weighted by Crippen LogP contribution is 2.42. The molecule has 1 saturated carbocycles. The van der Waals surface area contributed by atoms with E-state index >= 15 is 0 Å². The van der Waals surface area contributed by atoms with Crippen LogP contribution in [0.4, 0.5) is 35.1 Å². The highest BCUT2D eigenvalue weighted by molar-refractivity contribution is 5.92. The van der Waals surface area contributed by atoms with Crippen LogP contribution in [-0.2, 0) is 17.8 Å². The number of nitrogens with one attached hydrogen (secondary N) is 2. The lowest BCUT2D eigenvalue weighted by molar-refractivity contribution is -0.183. The van der Waals surface area contributed by atoms with Crippen molar-refractivity contribution in [2.75, 3.05) is 6.54 Å². The predicted octanol–water partition coefficient (Wildman–Crippen LogP) is 5.16. The molecule has 2 amide bonds. The van der Waals surface area contributed by atoms with Crippen molar-refractivity contribution >= 4 is 17.6 Å². The number of imidazole rings is 1. The predicted molar refractivity (Wildman–Crippen MR) is 145 cm³/mol. The van der Waals surface area contributed by atoms with Gasteiger partial charge in [0, 0.05) is 44.5 Å². The van der Waals surface area contributed by atoms with Crippen LogP contribution in [0.2, 0.25) is 0 Å². The zero-order chi connectivity index (χ0) is 33.6. The standard InChI is InChI=1S/C28H32F8N8O2/c1-3-43-20(6-9-38-43)24(46)40-22(15-4-7-26(29,30)8-5-15)19-13-44-25(39-19)41-21(14(2)27(31,32)33)18(42-44)11-16-10-17(28(34,35)36)12-37-23(16)45/h6,9,13-17,22H,3-5,7-8,10-12H2,1-2H3,(H,37,45)(H,40,46)/t14?,16-,17-,22+/m1/s1. The van der Waals surface area contributed by atoms with Crippen molar-refractivity contribution in [1.82, 2.24) is 40.0 Å². The van der Waals surface area contributed by atoms with Crippen LogP contribution in [0.1, 0.15) is 85.5 Å². The number of carbonyl (C=O) groups is 2. The Balaban J connectivity index is 1.53. The minimum atomic E-state index is -4.81. The average molecular weight is 665 g/mol. The lowest BCUT2D eigenvalue weighted by Crippen LogP contribution is -2.47. The van der Waals surface area contributed by atoms with Gasteiger partial charge in [-0.1, -0.05) is 0 Å². The van der Waals surface area contributed by atoms with E-state index < -0.39 is 97.7 Å². The number of hydrogen-bond acceptors (Lipinski definition) is 6. The van der Waals surface area contributed by atoms with Crippen molar-refractivity contribution in [2.24, 2.45) is 17.8 Å². The monoisotopic (exact) mass is 664 g/mol. The summed E-state index contributed by atoms with van der Waals surface area (Å²) in [5.74, 6) is -10.5. The van der Waals surface area contributed by atoms with E-state index in [1.807, 2.05) is 0 Å². The summed E-state index contributed by atoms with van der Waals surface area (Å²) in [5, 5.41) is 13.3. The second-order valence-corrected chi connectivity index (χ2v) is 11.9. The Labute approximate surface area is 257 Å². The topological polar surface area (TPSA) is 119 Å². The maximum absolute atomic E-state index is 14.0. The highest BCUT2D eigenvalue weighted by Gasteiger charge is 2.46. The van der Waals surface area contributed by atoms with E-state index in [0.29, 0.717) is 6.54 Å². The Hall–Kier alpha value is -3.86. The molecule has 18 heteroatoms. The molecule has 2 aliphatic rings. The summed E-state index contributed by atoms with van der Waals surface area (Å²) in [6, 6.07) is 0.510. The summed E-state index contributed by atoms with van der Waals surface area (Å²) in [6.07, 6.45) is -8.78. The van der Waals surface area contributed by atoms with Crippen LogP contribution in [0, 0.1) is 17.8 Å². The molecule has 1 aliphatic heterocycles. The molecule has 4 heterocycles. The van der Waals surface area contributed by atoms with Gasteiger partial charge in [0.25, 0.3) is 11.7 Å². The van der Waals surface area contributed by atoms with Crippen LogP contribution in [-0.4, -0.2) is 66.0 Å². The quantitative estimate of drug-likeness (QED) is 0.322. The zero-order valence-electron chi connectivity index (χ0n) is 24.8. The largest absolute Gasteiger partial charge is 0.397 e. The number of rotatable bonds is 8. The molecule has 0 radical (unpaired) electrons. The van der Waals surface area contributed by atoms with Crippen LogP contribution < -0.4 is 10.6 Å². The number of halogens is 8. The van der Waals surface area contributed by atoms with E-state index in [2.05, 4.69) is 30.8 Å². The summed E-state index contributed by atoms with van der Waals surface area (Å²) in [6.45, 7) is 2.31. The molecule has 1 saturated heterocycles. The molecule has 0 bridgehead atoms. The Kier molecular flexibility index (Phi) is 9.02. The third-order valence-electron chi connectivity index (χ3n) is 8.79. The fourth-order valence-electron chi connectivity index (χ4n) is 6.06. The number of fused-ring (bicyclic) bond motifs is 1. The number of aromatic nitrogens is 6. The Morgan fingerprint density at radius 1 is 1.15 bits per heavy atom. The Bertz CT molecular complexity index is 1570. The molecular weight excluding hydrogens is 632 g/mol. The van der Waals surface area contributed by atoms with E-state index in [1.54, 1.807) is 6.92 Å². The number of alkyl halides is 8. The summed E-state index contributed by atoms with van der Waals surface area (Å²) in [4.78, 5) is 34.2. The maximum Gasteiger partial charge on any atom is 0.397 e. The van der Waals surface area contributed by atoms with Crippen LogP contribution >= 0.6 is 0 Å². The van der Waals surface area contributed by atoms with Crippen molar-refractivity contribution < 1.29 is 44.7 Å². The molecule has 1 unspecified atom stereocenters. The fraction of sp³-hybridized carbons (Fsp3) is 0.643. The van der Waals surface area contributed by atoms with Gasteiger partial charge in [-0.2, -0.15) is 36.5 Å². The second-order valence-electron chi connectivity index (χ2n) is 11.9. The van der Waals surface area contributed by atoms with Crippen LogP contribution in [0.5, 0.6) is 0 Å². The van der Waals surface area contributed by atoms with Crippen molar-refractivity contribution in [1.29, 1.82) is 0 Å². The van der Waals surface area contributed by atoms with Gasteiger partial charge in [-0.3, -0.25) is 14.3 Å². The lowest BCUT2D eigenvalue weighted by Gasteiger charge is -2.33. The minimum absolute atomic E-state index is 0.0124. The van der Waals surface area contributed by atoms with Crippen molar-refractivity contribution in [3.8, 4) is 0 Å². The number of amides is 2. The number of aryl methyl sites for hydroxylation is 1. The molecule has 46 heavy (non-hydrogen) atoms. The number of hydrogen-bond donors (Lipinski definition) is 2. The molecule has 2 fully saturated rings. The third-order valence-corrected chi connectivity index (χ3v) is 8.79. The van der Waals surface area contributed by atoms with E-state index in [0.717, 1.165) is 11.4 Å². The molecule has 2 N–H and O–H groups in total. The van der Waals surface area contributed by atoms with Gasteiger partial charge >= 0.3 is 12.4 Å². The van der Waals surface area contributed by atoms with Crippen molar-refractivity contribution in [3.63, 3.8) is 0 Å². The van der Waals surface area contributed by atoms with Gasteiger partial charge < -0.3 is 10.6 Å². The molecule has 1 aliphatic carbocycles.